The molecule has 5 nitrogen and oxygen atoms in total. The summed E-state index contributed by atoms with van der Waals surface area (Å²) in [5.41, 5.74) is 1.74. The number of rotatable bonds is 3. The number of morpholine rings is 1. The topological polar surface area (TPSA) is 54.5 Å². The van der Waals surface area contributed by atoms with Gasteiger partial charge in [0.2, 0.25) is 0 Å². The molecule has 0 saturated carbocycles. The molecule has 0 radical (unpaired) electrons. The van der Waals surface area contributed by atoms with Crippen LogP contribution in [0.4, 0.5) is 15.8 Å². The molecule has 0 aliphatic carbocycles. The number of benzene rings is 1. The van der Waals surface area contributed by atoms with Gasteiger partial charge >= 0.3 is 0 Å². The molecule has 1 aliphatic rings. The SMILES string of the molecule is O=C(Nc1cccc(F)c1)c1cncc(N2CCOCC2)c1. The van der Waals surface area contributed by atoms with Crippen molar-refractivity contribution in [3.05, 3.63) is 54.1 Å². The number of amides is 1. The Bertz CT molecular complexity index is 672. The second-order valence-corrected chi connectivity index (χ2v) is 5.00. The summed E-state index contributed by atoms with van der Waals surface area (Å²) in [6, 6.07) is 7.58. The molecule has 22 heavy (non-hydrogen) atoms. The van der Waals surface area contributed by atoms with E-state index in [-0.39, 0.29) is 5.91 Å². The average Bonchev–Trinajstić information content (AvgIpc) is 2.56. The number of halogens is 1. The monoisotopic (exact) mass is 301 g/mol. The lowest BCUT2D eigenvalue weighted by atomic mass is 10.2. The minimum Gasteiger partial charge on any atom is -0.378 e. The van der Waals surface area contributed by atoms with Crippen molar-refractivity contribution < 1.29 is 13.9 Å². The summed E-state index contributed by atoms with van der Waals surface area (Å²) in [5, 5.41) is 2.67. The van der Waals surface area contributed by atoms with Crippen molar-refractivity contribution in [3.8, 4) is 0 Å². The van der Waals surface area contributed by atoms with E-state index in [0.29, 0.717) is 24.5 Å². The van der Waals surface area contributed by atoms with Gasteiger partial charge in [0.15, 0.2) is 0 Å². The Labute approximate surface area is 127 Å². The normalized spacial score (nSPS) is 14.7. The van der Waals surface area contributed by atoms with Crippen molar-refractivity contribution in [2.75, 3.05) is 36.5 Å². The minimum atomic E-state index is -0.391. The van der Waals surface area contributed by atoms with Gasteiger partial charge in [-0.1, -0.05) is 6.07 Å². The number of carbonyl (C=O) groups excluding carboxylic acids is 1. The molecule has 6 heteroatoms. The molecule has 2 aromatic rings. The first-order chi connectivity index (χ1) is 10.7. The summed E-state index contributed by atoms with van der Waals surface area (Å²) in [7, 11) is 0. The zero-order valence-corrected chi connectivity index (χ0v) is 12.0. The molecule has 1 aromatic carbocycles. The highest BCUT2D eigenvalue weighted by atomic mass is 19.1. The van der Waals surface area contributed by atoms with Crippen LogP contribution in [0.25, 0.3) is 0 Å². The molecule has 1 fully saturated rings. The van der Waals surface area contributed by atoms with Gasteiger partial charge in [0, 0.05) is 25.0 Å². The summed E-state index contributed by atoms with van der Waals surface area (Å²) in [4.78, 5) is 18.5. The Morgan fingerprint density at radius 1 is 1.23 bits per heavy atom. The fourth-order valence-corrected chi connectivity index (χ4v) is 2.32. The van der Waals surface area contributed by atoms with Gasteiger partial charge in [-0.15, -0.1) is 0 Å². The van der Waals surface area contributed by atoms with E-state index >= 15 is 0 Å². The van der Waals surface area contributed by atoms with E-state index in [1.54, 1.807) is 24.4 Å². The molecule has 2 heterocycles. The zero-order valence-electron chi connectivity index (χ0n) is 12.0. The van der Waals surface area contributed by atoms with Crippen LogP contribution in [0.1, 0.15) is 10.4 Å². The molecule has 1 amide bonds. The van der Waals surface area contributed by atoms with Gasteiger partial charge in [0.1, 0.15) is 5.82 Å². The van der Waals surface area contributed by atoms with Crippen LogP contribution in [0, 0.1) is 5.82 Å². The highest BCUT2D eigenvalue weighted by molar-refractivity contribution is 6.04. The quantitative estimate of drug-likeness (QED) is 0.945. The van der Waals surface area contributed by atoms with Crippen molar-refractivity contribution >= 4 is 17.3 Å². The van der Waals surface area contributed by atoms with Gasteiger partial charge < -0.3 is 15.0 Å². The van der Waals surface area contributed by atoms with Crippen LogP contribution in [0.3, 0.4) is 0 Å². The Morgan fingerprint density at radius 3 is 2.82 bits per heavy atom. The Morgan fingerprint density at radius 2 is 2.05 bits per heavy atom. The molecule has 114 valence electrons. The number of anilines is 2. The van der Waals surface area contributed by atoms with E-state index < -0.39 is 5.82 Å². The highest BCUT2D eigenvalue weighted by Gasteiger charge is 2.14. The van der Waals surface area contributed by atoms with Crippen molar-refractivity contribution in [3.63, 3.8) is 0 Å². The van der Waals surface area contributed by atoms with Crippen molar-refractivity contribution in [2.24, 2.45) is 0 Å². The molecular weight excluding hydrogens is 285 g/mol. The second kappa shape index (κ2) is 6.53. The van der Waals surface area contributed by atoms with Crippen molar-refractivity contribution in [2.45, 2.75) is 0 Å². The third-order valence-corrected chi connectivity index (χ3v) is 3.44. The van der Waals surface area contributed by atoms with E-state index in [1.807, 2.05) is 0 Å². The number of hydrogen-bond donors (Lipinski definition) is 1. The third kappa shape index (κ3) is 3.40. The molecule has 1 aromatic heterocycles. The van der Waals surface area contributed by atoms with Gasteiger partial charge in [-0.25, -0.2) is 4.39 Å². The summed E-state index contributed by atoms with van der Waals surface area (Å²) in [6.45, 7) is 2.88. The number of ether oxygens (including phenoxy) is 1. The number of aromatic nitrogens is 1. The van der Waals surface area contributed by atoms with Crippen LogP contribution in [0.2, 0.25) is 0 Å². The number of pyridine rings is 1. The van der Waals surface area contributed by atoms with Crippen molar-refractivity contribution in [1.29, 1.82) is 0 Å². The van der Waals surface area contributed by atoms with E-state index in [9.17, 15) is 9.18 Å². The fourth-order valence-electron chi connectivity index (χ4n) is 2.32. The first-order valence-corrected chi connectivity index (χ1v) is 7.07. The van der Waals surface area contributed by atoms with Crippen LogP contribution in [-0.2, 0) is 4.74 Å². The standard InChI is InChI=1S/C16H16FN3O2/c17-13-2-1-3-14(9-13)19-16(21)12-8-15(11-18-10-12)20-4-6-22-7-5-20/h1-3,8-11H,4-7H2,(H,19,21). The van der Waals surface area contributed by atoms with Gasteiger partial charge in [0.05, 0.1) is 30.7 Å². The van der Waals surface area contributed by atoms with Gasteiger partial charge in [-0.3, -0.25) is 9.78 Å². The molecule has 1 saturated heterocycles. The van der Waals surface area contributed by atoms with E-state index in [2.05, 4.69) is 15.2 Å². The molecular formula is C16H16FN3O2. The number of hydrogen-bond acceptors (Lipinski definition) is 4. The first kappa shape index (κ1) is 14.5. The molecule has 3 rings (SSSR count). The third-order valence-electron chi connectivity index (χ3n) is 3.44. The minimum absolute atomic E-state index is 0.312. The summed E-state index contributed by atoms with van der Waals surface area (Å²) >= 11 is 0. The fraction of sp³-hybridized carbons (Fsp3) is 0.250. The van der Waals surface area contributed by atoms with Gasteiger partial charge in [-0.05, 0) is 24.3 Å². The maximum Gasteiger partial charge on any atom is 0.257 e. The van der Waals surface area contributed by atoms with Gasteiger partial charge in [0.25, 0.3) is 5.91 Å². The number of carbonyl (C=O) groups is 1. The van der Waals surface area contributed by atoms with E-state index in [4.69, 9.17) is 4.74 Å². The molecule has 0 atom stereocenters. The Balaban J connectivity index is 1.75. The van der Waals surface area contributed by atoms with Crippen LogP contribution >= 0.6 is 0 Å². The highest BCUT2D eigenvalue weighted by Crippen LogP contribution is 2.17. The van der Waals surface area contributed by atoms with E-state index in [1.165, 1.54) is 18.3 Å². The lowest BCUT2D eigenvalue weighted by Crippen LogP contribution is -2.36. The summed E-state index contributed by atoms with van der Waals surface area (Å²) < 4.78 is 18.5. The van der Waals surface area contributed by atoms with Crippen LogP contribution < -0.4 is 10.2 Å². The Kier molecular flexibility index (Phi) is 4.29. The molecule has 0 unspecified atom stereocenters. The summed E-state index contributed by atoms with van der Waals surface area (Å²) in [5.74, 6) is -0.703. The molecule has 0 spiro atoms. The lowest BCUT2D eigenvalue weighted by Gasteiger charge is -2.28. The lowest BCUT2D eigenvalue weighted by molar-refractivity contribution is 0.102. The maximum absolute atomic E-state index is 13.1. The predicted molar refractivity (Wildman–Crippen MR) is 81.6 cm³/mol. The van der Waals surface area contributed by atoms with Crippen LogP contribution in [0.15, 0.2) is 42.7 Å². The van der Waals surface area contributed by atoms with Gasteiger partial charge in [-0.2, -0.15) is 0 Å². The first-order valence-electron chi connectivity index (χ1n) is 7.07. The number of nitrogens with zero attached hydrogens (tertiary/aromatic N) is 2. The van der Waals surface area contributed by atoms with Crippen LogP contribution in [0.5, 0.6) is 0 Å². The average molecular weight is 301 g/mol. The largest absolute Gasteiger partial charge is 0.378 e. The maximum atomic E-state index is 13.1. The molecule has 1 aliphatic heterocycles. The zero-order chi connectivity index (χ0) is 15.4. The van der Waals surface area contributed by atoms with Crippen molar-refractivity contribution in [1.82, 2.24) is 4.98 Å². The predicted octanol–water partition coefficient (Wildman–Crippen LogP) is 2.31. The summed E-state index contributed by atoms with van der Waals surface area (Å²) in [6.07, 6.45) is 3.23. The number of nitrogens with one attached hydrogen (secondary N) is 1. The molecule has 1 N–H and O–H groups in total. The van der Waals surface area contributed by atoms with E-state index in [0.717, 1.165) is 18.8 Å². The molecule has 0 bridgehead atoms. The van der Waals surface area contributed by atoms with Crippen LogP contribution in [-0.4, -0.2) is 37.2 Å². The Hall–Kier alpha value is -2.47. The smallest absolute Gasteiger partial charge is 0.257 e. The second-order valence-electron chi connectivity index (χ2n) is 5.00.